The molecule has 1 aliphatic rings. The highest BCUT2D eigenvalue weighted by Gasteiger charge is 2.45. The molecule has 36 heavy (non-hydrogen) atoms. The molecule has 7 heteroatoms. The summed E-state index contributed by atoms with van der Waals surface area (Å²) in [6, 6.07) is 13.4. The summed E-state index contributed by atoms with van der Waals surface area (Å²) in [7, 11) is 0. The van der Waals surface area contributed by atoms with E-state index in [-0.39, 0.29) is 30.6 Å². The summed E-state index contributed by atoms with van der Waals surface area (Å²) < 4.78 is 16.9. The summed E-state index contributed by atoms with van der Waals surface area (Å²) in [5.74, 6) is -0.195. The quantitative estimate of drug-likeness (QED) is 0.171. The van der Waals surface area contributed by atoms with Crippen LogP contribution < -0.4 is 9.47 Å². The van der Waals surface area contributed by atoms with Gasteiger partial charge in [0.15, 0.2) is 0 Å². The Bertz CT molecular complexity index is 1040. The van der Waals surface area contributed by atoms with Crippen LogP contribution in [0, 0.1) is 0 Å². The van der Waals surface area contributed by atoms with Gasteiger partial charge in [-0.3, -0.25) is 9.59 Å². The monoisotopic (exact) mass is 495 g/mol. The molecule has 194 valence electrons. The third-order valence-electron chi connectivity index (χ3n) is 5.97. The number of ether oxygens (including phenoxy) is 3. The van der Waals surface area contributed by atoms with Gasteiger partial charge in [0.1, 0.15) is 17.3 Å². The van der Waals surface area contributed by atoms with Crippen molar-refractivity contribution in [2.24, 2.45) is 0 Å². The Morgan fingerprint density at radius 1 is 0.917 bits per heavy atom. The molecule has 7 nitrogen and oxygen atoms in total. The fourth-order valence-corrected chi connectivity index (χ4v) is 4.16. The van der Waals surface area contributed by atoms with Crippen molar-refractivity contribution in [3.05, 3.63) is 65.2 Å². The molecule has 1 saturated heterocycles. The van der Waals surface area contributed by atoms with Gasteiger partial charge in [-0.15, -0.1) is 0 Å². The van der Waals surface area contributed by atoms with Crippen LogP contribution >= 0.6 is 0 Å². The van der Waals surface area contributed by atoms with E-state index in [1.807, 2.05) is 32.9 Å². The van der Waals surface area contributed by atoms with Crippen molar-refractivity contribution < 1.29 is 28.9 Å². The summed E-state index contributed by atoms with van der Waals surface area (Å²) in [6.07, 6.45) is 3.19. The predicted molar refractivity (Wildman–Crippen MR) is 139 cm³/mol. The maximum atomic E-state index is 13.2. The Kier molecular flexibility index (Phi) is 9.94. The van der Waals surface area contributed by atoms with Crippen LogP contribution in [0.15, 0.2) is 54.1 Å². The zero-order valence-corrected chi connectivity index (χ0v) is 21.7. The second kappa shape index (κ2) is 13.1. The predicted octanol–water partition coefficient (Wildman–Crippen LogP) is 5.50. The lowest BCUT2D eigenvalue weighted by Gasteiger charge is -2.25. The largest absolute Gasteiger partial charge is 0.507 e. The first-order chi connectivity index (χ1) is 17.4. The van der Waals surface area contributed by atoms with Crippen LogP contribution in [0.5, 0.6) is 11.5 Å². The number of amides is 1. The van der Waals surface area contributed by atoms with Gasteiger partial charge in [0.25, 0.3) is 11.7 Å². The summed E-state index contributed by atoms with van der Waals surface area (Å²) in [4.78, 5) is 27.7. The van der Waals surface area contributed by atoms with Crippen LogP contribution in [-0.4, -0.2) is 54.2 Å². The number of carbonyl (C=O) groups excluding carboxylic acids is 2. The molecule has 2 aromatic rings. The molecule has 1 amide bonds. The van der Waals surface area contributed by atoms with Gasteiger partial charge in [-0.05, 0) is 69.2 Å². The number of unbranched alkanes of at least 4 members (excludes halogenated alkanes) is 2. The molecule has 1 fully saturated rings. The minimum Gasteiger partial charge on any atom is -0.507 e. The maximum Gasteiger partial charge on any atom is 0.295 e. The van der Waals surface area contributed by atoms with E-state index >= 15 is 0 Å². The van der Waals surface area contributed by atoms with Crippen LogP contribution in [0.1, 0.15) is 64.1 Å². The van der Waals surface area contributed by atoms with Crippen LogP contribution in [0.4, 0.5) is 0 Å². The normalized spacial score (nSPS) is 17.1. The highest BCUT2D eigenvalue weighted by Crippen LogP contribution is 2.39. The van der Waals surface area contributed by atoms with Gasteiger partial charge in [-0.1, -0.05) is 31.9 Å². The van der Waals surface area contributed by atoms with Crippen molar-refractivity contribution in [2.45, 2.75) is 59.1 Å². The number of likely N-dealkylation sites (tertiary alicyclic amines) is 1. The molecule has 3 rings (SSSR count). The Balaban J connectivity index is 1.94. The molecule has 0 aliphatic carbocycles. The van der Waals surface area contributed by atoms with Crippen molar-refractivity contribution >= 4 is 17.4 Å². The highest BCUT2D eigenvalue weighted by molar-refractivity contribution is 6.46. The molecule has 1 heterocycles. The minimum atomic E-state index is -0.735. The van der Waals surface area contributed by atoms with Crippen LogP contribution in [0.2, 0.25) is 0 Å². The van der Waals surface area contributed by atoms with Crippen molar-refractivity contribution in [1.29, 1.82) is 0 Å². The first kappa shape index (κ1) is 27.3. The SMILES string of the molecule is CCCCCOc1ccc(/C(O)=C2/C(=O)C(=O)N(CCOC(C)C)C2c2ccc(OCC)cc2)cc1. The lowest BCUT2D eigenvalue weighted by atomic mass is 9.95. The standard InChI is InChI=1S/C29H37NO6/c1-5-7-8-18-36-24-15-11-22(12-16-24)27(31)25-26(21-9-13-23(14-10-21)34-6-2)30(29(33)28(25)32)17-19-35-20(3)4/h9-16,20,26,31H,5-8,17-19H2,1-4H3/b27-25-. The average Bonchev–Trinajstić information content (AvgIpc) is 3.12. The highest BCUT2D eigenvalue weighted by atomic mass is 16.5. The Labute approximate surface area is 213 Å². The zero-order valence-electron chi connectivity index (χ0n) is 21.7. The van der Waals surface area contributed by atoms with Crippen LogP contribution in [0.3, 0.4) is 0 Å². The third kappa shape index (κ3) is 6.66. The fourth-order valence-electron chi connectivity index (χ4n) is 4.16. The Hall–Kier alpha value is -3.32. The molecule has 0 radical (unpaired) electrons. The van der Waals surface area contributed by atoms with E-state index in [0.717, 1.165) is 19.3 Å². The molecule has 0 bridgehead atoms. The smallest absolute Gasteiger partial charge is 0.295 e. The molecular weight excluding hydrogens is 458 g/mol. The summed E-state index contributed by atoms with van der Waals surface area (Å²) in [6.45, 7) is 9.52. The summed E-state index contributed by atoms with van der Waals surface area (Å²) >= 11 is 0. The molecule has 1 atom stereocenters. The van der Waals surface area contributed by atoms with Gasteiger partial charge in [0.2, 0.25) is 0 Å². The van der Waals surface area contributed by atoms with Gasteiger partial charge < -0.3 is 24.2 Å². The zero-order chi connectivity index (χ0) is 26.1. The molecule has 1 unspecified atom stereocenters. The van der Waals surface area contributed by atoms with Gasteiger partial charge in [0, 0.05) is 12.1 Å². The van der Waals surface area contributed by atoms with Crippen molar-refractivity contribution in [3.8, 4) is 11.5 Å². The van der Waals surface area contributed by atoms with Crippen LogP contribution in [-0.2, 0) is 14.3 Å². The maximum absolute atomic E-state index is 13.2. The molecule has 0 saturated carbocycles. The van der Waals surface area contributed by atoms with Gasteiger partial charge >= 0.3 is 0 Å². The average molecular weight is 496 g/mol. The molecule has 2 aromatic carbocycles. The van der Waals surface area contributed by atoms with E-state index in [9.17, 15) is 14.7 Å². The lowest BCUT2D eigenvalue weighted by Crippen LogP contribution is -2.33. The first-order valence-corrected chi connectivity index (χ1v) is 12.7. The number of ketones is 1. The topological polar surface area (TPSA) is 85.3 Å². The number of Topliss-reactive ketones (excluding diaryl/α,β-unsaturated/α-hetero) is 1. The number of nitrogens with zero attached hydrogens (tertiary/aromatic N) is 1. The van der Waals surface area contributed by atoms with Crippen molar-refractivity contribution in [1.82, 2.24) is 4.90 Å². The van der Waals surface area contributed by atoms with E-state index < -0.39 is 17.7 Å². The van der Waals surface area contributed by atoms with Gasteiger partial charge in [-0.25, -0.2) is 0 Å². The summed E-state index contributed by atoms with van der Waals surface area (Å²) in [5.41, 5.74) is 1.22. The Morgan fingerprint density at radius 2 is 1.56 bits per heavy atom. The van der Waals surface area contributed by atoms with E-state index in [2.05, 4.69) is 6.92 Å². The van der Waals surface area contributed by atoms with Crippen LogP contribution in [0.25, 0.3) is 5.76 Å². The molecule has 1 aliphatic heterocycles. The number of aliphatic hydroxyl groups is 1. The molecular formula is C29H37NO6. The minimum absolute atomic E-state index is 0.00606. The van der Waals surface area contributed by atoms with Crippen molar-refractivity contribution in [2.75, 3.05) is 26.4 Å². The van der Waals surface area contributed by atoms with Gasteiger partial charge in [0.05, 0.1) is 37.5 Å². The molecule has 1 N–H and O–H groups in total. The van der Waals surface area contributed by atoms with Crippen molar-refractivity contribution in [3.63, 3.8) is 0 Å². The fraction of sp³-hybridized carbons (Fsp3) is 0.448. The van der Waals surface area contributed by atoms with E-state index in [0.29, 0.717) is 35.8 Å². The number of hydrogen-bond acceptors (Lipinski definition) is 6. The molecule has 0 spiro atoms. The number of aliphatic hydroxyl groups excluding tert-OH is 1. The summed E-state index contributed by atoms with van der Waals surface area (Å²) in [5, 5.41) is 11.2. The van der Waals surface area contributed by atoms with Gasteiger partial charge in [-0.2, -0.15) is 0 Å². The van der Waals surface area contributed by atoms with E-state index in [1.54, 1.807) is 36.4 Å². The van der Waals surface area contributed by atoms with E-state index in [4.69, 9.17) is 14.2 Å². The second-order valence-electron chi connectivity index (χ2n) is 8.99. The van der Waals surface area contributed by atoms with E-state index in [1.165, 1.54) is 4.90 Å². The molecule has 0 aromatic heterocycles. The lowest BCUT2D eigenvalue weighted by molar-refractivity contribution is -0.140. The number of rotatable bonds is 13. The second-order valence-corrected chi connectivity index (χ2v) is 8.99. The first-order valence-electron chi connectivity index (χ1n) is 12.7. The number of carbonyl (C=O) groups is 2. The third-order valence-corrected chi connectivity index (χ3v) is 5.97. The number of benzene rings is 2. The number of hydrogen-bond donors (Lipinski definition) is 1. The Morgan fingerprint density at radius 3 is 2.17 bits per heavy atom.